The van der Waals surface area contributed by atoms with E-state index < -0.39 is 5.92 Å². The Bertz CT molecular complexity index is 547. The Labute approximate surface area is 135 Å². The molecular formula is C17H22F2N2S. The second-order valence-electron chi connectivity index (χ2n) is 5.41. The molecule has 0 aromatic heterocycles. The first-order valence-corrected chi connectivity index (χ1v) is 8.15. The van der Waals surface area contributed by atoms with Gasteiger partial charge in [-0.1, -0.05) is 24.3 Å². The summed E-state index contributed by atoms with van der Waals surface area (Å²) in [6.45, 7) is 2.94. The summed E-state index contributed by atoms with van der Waals surface area (Å²) in [7, 11) is 1.93. The molecule has 1 aliphatic heterocycles. The van der Waals surface area contributed by atoms with Crippen LogP contribution < -0.4 is 5.32 Å². The number of halogens is 2. The number of nitrogens with one attached hydrogen (secondary N) is 1. The number of nitrogens with zero attached hydrogens (tertiary/aromatic N) is 1. The maximum atomic E-state index is 13.2. The number of allylic oxidation sites excluding steroid dienone is 1. The van der Waals surface area contributed by atoms with Gasteiger partial charge in [-0.3, -0.25) is 0 Å². The molecule has 0 amide bonds. The molecule has 1 unspecified atom stereocenters. The zero-order chi connectivity index (χ0) is 16.2. The van der Waals surface area contributed by atoms with E-state index in [1.807, 2.05) is 14.0 Å². The standard InChI is InChI=1S/C17H22F2N2S/c1-4-14(20-3)12-15-6-5-11-21(15)22-16-9-7-13(8-10-16)17(2,18)19/h4-5,7-11,15,20H,6,12H2,1-3H3/b14-4-. The lowest BCUT2D eigenvalue weighted by Crippen LogP contribution is -2.23. The van der Waals surface area contributed by atoms with Gasteiger partial charge in [-0.05, 0) is 37.4 Å². The smallest absolute Gasteiger partial charge is 0.270 e. The summed E-state index contributed by atoms with van der Waals surface area (Å²) < 4.78 is 28.7. The summed E-state index contributed by atoms with van der Waals surface area (Å²) in [5, 5.41) is 3.20. The van der Waals surface area contributed by atoms with Gasteiger partial charge in [0.05, 0.1) is 0 Å². The van der Waals surface area contributed by atoms with Crippen LogP contribution in [0.1, 0.15) is 32.3 Å². The predicted molar refractivity (Wildman–Crippen MR) is 88.7 cm³/mol. The summed E-state index contributed by atoms with van der Waals surface area (Å²) in [5.74, 6) is -2.78. The Kier molecular flexibility index (Phi) is 5.51. The van der Waals surface area contributed by atoms with Crippen LogP contribution in [-0.2, 0) is 5.92 Å². The van der Waals surface area contributed by atoms with Crippen molar-refractivity contribution in [1.29, 1.82) is 0 Å². The van der Waals surface area contributed by atoms with E-state index in [4.69, 9.17) is 0 Å². The molecule has 1 N–H and O–H groups in total. The Morgan fingerprint density at radius 1 is 1.41 bits per heavy atom. The van der Waals surface area contributed by atoms with Crippen molar-refractivity contribution in [3.8, 4) is 0 Å². The fourth-order valence-electron chi connectivity index (χ4n) is 2.37. The monoisotopic (exact) mass is 324 g/mol. The highest BCUT2D eigenvalue weighted by Crippen LogP contribution is 2.34. The number of benzene rings is 1. The Balaban J connectivity index is 2.01. The van der Waals surface area contributed by atoms with Crippen LogP contribution in [0.25, 0.3) is 0 Å². The number of hydrogen-bond acceptors (Lipinski definition) is 3. The quantitative estimate of drug-likeness (QED) is 0.749. The van der Waals surface area contributed by atoms with Crippen LogP contribution in [0, 0.1) is 0 Å². The molecule has 1 atom stereocenters. The molecule has 0 fully saturated rings. The number of hydrogen-bond donors (Lipinski definition) is 1. The zero-order valence-electron chi connectivity index (χ0n) is 13.1. The third-order valence-electron chi connectivity index (χ3n) is 3.72. The van der Waals surface area contributed by atoms with Crippen molar-refractivity contribution in [1.82, 2.24) is 9.62 Å². The average Bonchev–Trinajstić information content (AvgIpc) is 2.91. The van der Waals surface area contributed by atoms with Crippen molar-refractivity contribution >= 4 is 11.9 Å². The Morgan fingerprint density at radius 3 is 2.64 bits per heavy atom. The second kappa shape index (κ2) is 7.18. The molecule has 1 aliphatic rings. The van der Waals surface area contributed by atoms with E-state index >= 15 is 0 Å². The minimum absolute atomic E-state index is 0.0525. The highest BCUT2D eigenvalue weighted by molar-refractivity contribution is 7.97. The molecule has 0 saturated carbocycles. The first kappa shape index (κ1) is 16.9. The third-order valence-corrected chi connectivity index (χ3v) is 4.83. The van der Waals surface area contributed by atoms with Crippen LogP contribution in [0.5, 0.6) is 0 Å². The first-order chi connectivity index (χ1) is 10.4. The lowest BCUT2D eigenvalue weighted by Gasteiger charge is -2.25. The van der Waals surface area contributed by atoms with E-state index in [-0.39, 0.29) is 5.56 Å². The fraction of sp³-hybridized carbons (Fsp3) is 0.412. The maximum Gasteiger partial charge on any atom is 0.270 e. The summed E-state index contributed by atoms with van der Waals surface area (Å²) in [5.41, 5.74) is 1.26. The Hall–Kier alpha value is -1.49. The highest BCUT2D eigenvalue weighted by Gasteiger charge is 2.25. The van der Waals surface area contributed by atoms with Gasteiger partial charge in [0.2, 0.25) is 0 Å². The van der Waals surface area contributed by atoms with Crippen molar-refractivity contribution in [3.05, 3.63) is 53.9 Å². The van der Waals surface area contributed by atoms with E-state index in [1.54, 1.807) is 24.1 Å². The summed E-state index contributed by atoms with van der Waals surface area (Å²) in [6, 6.07) is 6.91. The molecule has 2 nitrogen and oxygen atoms in total. The van der Waals surface area contributed by atoms with Crippen molar-refractivity contribution < 1.29 is 8.78 Å². The zero-order valence-corrected chi connectivity index (χ0v) is 14.0. The molecule has 5 heteroatoms. The van der Waals surface area contributed by atoms with Gasteiger partial charge in [-0.2, -0.15) is 0 Å². The van der Waals surface area contributed by atoms with Crippen LogP contribution in [0.15, 0.2) is 53.2 Å². The normalized spacial score (nSPS) is 18.9. The topological polar surface area (TPSA) is 15.3 Å². The molecule has 2 rings (SSSR count). The predicted octanol–water partition coefficient (Wildman–Crippen LogP) is 4.91. The molecule has 0 bridgehead atoms. The van der Waals surface area contributed by atoms with Gasteiger partial charge in [0.1, 0.15) is 0 Å². The first-order valence-electron chi connectivity index (χ1n) is 7.38. The maximum absolute atomic E-state index is 13.2. The van der Waals surface area contributed by atoms with Gasteiger partial charge >= 0.3 is 0 Å². The molecule has 1 aromatic carbocycles. The summed E-state index contributed by atoms with van der Waals surface area (Å²) in [4.78, 5) is 0.969. The van der Waals surface area contributed by atoms with Crippen molar-refractivity contribution in [3.63, 3.8) is 0 Å². The van der Waals surface area contributed by atoms with Gasteiger partial charge in [0.25, 0.3) is 5.92 Å². The van der Waals surface area contributed by atoms with Gasteiger partial charge in [-0.25, -0.2) is 8.78 Å². The van der Waals surface area contributed by atoms with Crippen LogP contribution in [0.3, 0.4) is 0 Å². The van der Waals surface area contributed by atoms with Gasteiger partial charge < -0.3 is 9.62 Å². The second-order valence-corrected chi connectivity index (χ2v) is 6.48. The SMILES string of the molecule is C/C=C(/CC1CC=CN1Sc1ccc(C(C)(F)F)cc1)NC. The van der Waals surface area contributed by atoms with Gasteiger partial charge in [0, 0.05) is 48.8 Å². The number of alkyl halides is 2. The fourth-order valence-corrected chi connectivity index (χ4v) is 3.33. The molecule has 0 radical (unpaired) electrons. The molecule has 0 aliphatic carbocycles. The lowest BCUT2D eigenvalue weighted by molar-refractivity contribution is 0.0174. The van der Waals surface area contributed by atoms with Gasteiger partial charge in [0.15, 0.2) is 0 Å². The molecule has 1 heterocycles. The largest absolute Gasteiger partial charge is 0.392 e. The van der Waals surface area contributed by atoms with E-state index in [2.05, 4.69) is 28.0 Å². The molecular weight excluding hydrogens is 302 g/mol. The van der Waals surface area contributed by atoms with E-state index in [9.17, 15) is 8.78 Å². The molecule has 22 heavy (non-hydrogen) atoms. The summed E-state index contributed by atoms with van der Waals surface area (Å²) >= 11 is 1.59. The van der Waals surface area contributed by atoms with Crippen LogP contribution in [0.2, 0.25) is 0 Å². The van der Waals surface area contributed by atoms with Crippen molar-refractivity contribution in [2.75, 3.05) is 7.05 Å². The Morgan fingerprint density at radius 2 is 2.09 bits per heavy atom. The highest BCUT2D eigenvalue weighted by atomic mass is 32.2. The molecule has 120 valence electrons. The van der Waals surface area contributed by atoms with Crippen LogP contribution >= 0.6 is 11.9 Å². The van der Waals surface area contributed by atoms with E-state index in [0.29, 0.717) is 6.04 Å². The van der Waals surface area contributed by atoms with Crippen LogP contribution in [0.4, 0.5) is 8.78 Å². The summed E-state index contributed by atoms with van der Waals surface area (Å²) in [6.07, 6.45) is 8.24. The average molecular weight is 324 g/mol. The van der Waals surface area contributed by atoms with Gasteiger partial charge in [-0.15, -0.1) is 0 Å². The third kappa shape index (κ3) is 4.26. The molecule has 0 saturated heterocycles. The van der Waals surface area contributed by atoms with Crippen LogP contribution in [-0.4, -0.2) is 17.4 Å². The molecule has 1 aromatic rings. The minimum Gasteiger partial charge on any atom is -0.392 e. The number of rotatable bonds is 6. The van der Waals surface area contributed by atoms with E-state index in [0.717, 1.165) is 24.7 Å². The van der Waals surface area contributed by atoms with Crippen molar-refractivity contribution in [2.24, 2.45) is 0 Å². The molecule has 0 spiro atoms. The minimum atomic E-state index is -2.78. The van der Waals surface area contributed by atoms with E-state index in [1.165, 1.54) is 17.8 Å². The lowest BCUT2D eigenvalue weighted by atomic mass is 10.1. The van der Waals surface area contributed by atoms with Crippen molar-refractivity contribution in [2.45, 2.75) is 43.5 Å².